The number of benzene rings is 1. The van der Waals surface area contributed by atoms with Crippen LogP contribution in [-0.2, 0) is 35.0 Å². The predicted octanol–water partition coefficient (Wildman–Crippen LogP) is 5.10. The number of unbranched alkanes of at least 4 members (excludes halogenated alkanes) is 4. The van der Waals surface area contributed by atoms with Gasteiger partial charge in [0.05, 0.1) is 32.8 Å². The van der Waals surface area contributed by atoms with Crippen LogP contribution in [0.2, 0.25) is 0 Å². The Morgan fingerprint density at radius 2 is 1.38 bits per heavy atom. The van der Waals surface area contributed by atoms with E-state index >= 15 is 0 Å². The molecule has 1 aromatic rings. The highest BCUT2D eigenvalue weighted by molar-refractivity contribution is 5.81. The second-order valence-corrected chi connectivity index (χ2v) is 9.49. The molecule has 1 aromatic carbocycles. The van der Waals surface area contributed by atoms with Crippen molar-refractivity contribution in [2.75, 3.05) is 26.9 Å². The average molecular weight is 554 g/mol. The van der Waals surface area contributed by atoms with Crippen LogP contribution in [0.5, 0.6) is 11.5 Å². The van der Waals surface area contributed by atoms with E-state index in [-0.39, 0.29) is 50.1 Å². The van der Waals surface area contributed by atoms with Gasteiger partial charge in [0.25, 0.3) is 0 Å². The number of carbonyl (C=O) groups excluding carboxylic acids is 4. The molecule has 1 unspecified atom stereocenters. The average Bonchev–Trinajstić information content (AvgIpc) is 2.90. The molecule has 0 heterocycles. The topological polar surface area (TPSA) is 150 Å². The number of carbonyl (C=O) groups is 4. The van der Waals surface area contributed by atoms with Crippen molar-refractivity contribution in [1.82, 2.24) is 0 Å². The largest absolute Gasteiger partial charge is 0.513 e. The first-order chi connectivity index (χ1) is 18.6. The number of methoxy groups -OCH3 is 1. The van der Waals surface area contributed by atoms with Gasteiger partial charge in [-0.25, -0.2) is 9.59 Å². The number of nitrogens with two attached hydrogens (primary N) is 1. The standard InChI is InChI=1S/C28H43NO10/c1-6-8-10-15-36-26(32)38-22-13-12-21(18-23(22)39-27(33)37-16-11-9-7-2)19-28(29,25(31)34-5)14-17-35-24(30)20(3)4/h12-13,18,20H,6-11,14-17,19,29H2,1-5H3. The Morgan fingerprint density at radius 3 is 1.90 bits per heavy atom. The minimum Gasteiger partial charge on any atom is -0.468 e. The first-order valence-electron chi connectivity index (χ1n) is 13.4. The van der Waals surface area contributed by atoms with Crippen molar-refractivity contribution in [3.05, 3.63) is 23.8 Å². The van der Waals surface area contributed by atoms with Gasteiger partial charge in [0.1, 0.15) is 5.54 Å². The Bertz CT molecular complexity index is 933. The third-order valence-corrected chi connectivity index (χ3v) is 5.71. The van der Waals surface area contributed by atoms with E-state index in [1.807, 2.05) is 13.8 Å². The normalized spacial score (nSPS) is 12.3. The van der Waals surface area contributed by atoms with Crippen molar-refractivity contribution in [1.29, 1.82) is 0 Å². The molecule has 0 saturated heterocycles. The van der Waals surface area contributed by atoms with Crippen LogP contribution >= 0.6 is 0 Å². The van der Waals surface area contributed by atoms with Crippen molar-refractivity contribution >= 4 is 24.2 Å². The molecule has 11 heteroatoms. The lowest BCUT2D eigenvalue weighted by molar-refractivity contribution is -0.152. The fraction of sp³-hybridized carbons (Fsp3) is 0.643. The van der Waals surface area contributed by atoms with Crippen molar-refractivity contribution in [2.45, 2.75) is 84.6 Å². The highest BCUT2D eigenvalue weighted by Crippen LogP contribution is 2.31. The van der Waals surface area contributed by atoms with Gasteiger partial charge in [0.2, 0.25) is 0 Å². The molecule has 0 aliphatic rings. The van der Waals surface area contributed by atoms with Gasteiger partial charge in [-0.2, -0.15) is 0 Å². The second kappa shape index (κ2) is 18.0. The van der Waals surface area contributed by atoms with Gasteiger partial charge in [0.15, 0.2) is 11.5 Å². The summed E-state index contributed by atoms with van der Waals surface area (Å²) in [5.74, 6) is -1.65. The van der Waals surface area contributed by atoms with Crippen molar-refractivity contribution in [3.8, 4) is 11.5 Å². The Hall–Kier alpha value is -3.34. The van der Waals surface area contributed by atoms with Crippen LogP contribution < -0.4 is 15.2 Å². The van der Waals surface area contributed by atoms with Gasteiger partial charge in [0, 0.05) is 12.8 Å². The lowest BCUT2D eigenvalue weighted by Gasteiger charge is -2.27. The Kier molecular flexibility index (Phi) is 15.6. The molecule has 11 nitrogen and oxygen atoms in total. The van der Waals surface area contributed by atoms with Crippen molar-refractivity contribution in [2.24, 2.45) is 11.7 Å². The minimum atomic E-state index is -1.55. The van der Waals surface area contributed by atoms with Crippen LogP contribution in [0.15, 0.2) is 18.2 Å². The van der Waals surface area contributed by atoms with Crippen LogP contribution in [0.3, 0.4) is 0 Å². The van der Waals surface area contributed by atoms with E-state index in [0.29, 0.717) is 18.4 Å². The molecule has 1 rings (SSSR count). The zero-order valence-electron chi connectivity index (χ0n) is 23.7. The fourth-order valence-electron chi connectivity index (χ4n) is 3.41. The Balaban J connectivity index is 3.10. The first kappa shape index (κ1) is 33.7. The lowest BCUT2D eigenvalue weighted by atomic mass is 9.88. The molecule has 220 valence electrons. The van der Waals surface area contributed by atoms with E-state index in [2.05, 4.69) is 0 Å². The van der Waals surface area contributed by atoms with Crippen LogP contribution in [0.1, 0.15) is 78.2 Å². The van der Waals surface area contributed by atoms with E-state index in [1.165, 1.54) is 19.2 Å². The number of hydrogen-bond acceptors (Lipinski definition) is 11. The van der Waals surface area contributed by atoms with Crippen LogP contribution in [0, 0.1) is 5.92 Å². The molecule has 0 aliphatic heterocycles. The van der Waals surface area contributed by atoms with Gasteiger partial charge >= 0.3 is 24.2 Å². The van der Waals surface area contributed by atoms with E-state index in [0.717, 1.165) is 25.7 Å². The van der Waals surface area contributed by atoms with Gasteiger partial charge < -0.3 is 34.2 Å². The summed E-state index contributed by atoms with van der Waals surface area (Å²) in [6.45, 7) is 7.70. The van der Waals surface area contributed by atoms with Gasteiger partial charge in [-0.05, 0) is 30.5 Å². The van der Waals surface area contributed by atoms with Crippen molar-refractivity contribution < 1.29 is 47.6 Å². The van der Waals surface area contributed by atoms with Gasteiger partial charge in [-0.15, -0.1) is 0 Å². The van der Waals surface area contributed by atoms with Gasteiger partial charge in [-0.1, -0.05) is 59.4 Å². The number of hydrogen-bond donors (Lipinski definition) is 1. The molecule has 0 saturated carbocycles. The number of ether oxygens (including phenoxy) is 6. The molecule has 0 bridgehead atoms. The predicted molar refractivity (Wildman–Crippen MR) is 142 cm³/mol. The van der Waals surface area contributed by atoms with Crippen LogP contribution in [0.4, 0.5) is 9.59 Å². The molecule has 0 spiro atoms. The SMILES string of the molecule is CCCCCOC(=O)Oc1ccc(CC(N)(CCOC(=O)C(C)C)C(=O)OC)cc1OC(=O)OCCCCC. The fourth-order valence-corrected chi connectivity index (χ4v) is 3.41. The molecule has 0 amide bonds. The zero-order chi connectivity index (χ0) is 29.3. The summed E-state index contributed by atoms with van der Waals surface area (Å²) in [5, 5.41) is 0. The maximum atomic E-state index is 12.6. The quantitative estimate of drug-likeness (QED) is 0.119. The second-order valence-electron chi connectivity index (χ2n) is 9.49. The number of rotatable bonds is 17. The maximum Gasteiger partial charge on any atom is 0.513 e. The molecule has 0 radical (unpaired) electrons. The van der Waals surface area contributed by atoms with E-state index in [1.54, 1.807) is 19.9 Å². The molecular weight excluding hydrogens is 510 g/mol. The summed E-state index contributed by atoms with van der Waals surface area (Å²) < 4.78 is 30.9. The summed E-state index contributed by atoms with van der Waals surface area (Å²) >= 11 is 0. The van der Waals surface area contributed by atoms with E-state index < -0.39 is 29.8 Å². The Labute approximate surface area is 230 Å². The van der Waals surface area contributed by atoms with E-state index in [9.17, 15) is 19.2 Å². The molecular formula is C28H43NO10. The van der Waals surface area contributed by atoms with Crippen LogP contribution in [-0.4, -0.2) is 56.7 Å². The van der Waals surface area contributed by atoms with E-state index in [4.69, 9.17) is 34.2 Å². The summed E-state index contributed by atoms with van der Waals surface area (Å²) in [6.07, 6.45) is 3.08. The lowest BCUT2D eigenvalue weighted by Crippen LogP contribution is -2.51. The Morgan fingerprint density at radius 1 is 0.821 bits per heavy atom. The first-order valence-corrected chi connectivity index (χ1v) is 13.4. The molecule has 0 aromatic heterocycles. The van der Waals surface area contributed by atoms with Crippen LogP contribution in [0.25, 0.3) is 0 Å². The summed E-state index contributed by atoms with van der Waals surface area (Å²) in [5.41, 5.74) is 5.30. The highest BCUT2D eigenvalue weighted by Gasteiger charge is 2.36. The summed E-state index contributed by atoms with van der Waals surface area (Å²) in [7, 11) is 1.20. The minimum absolute atomic E-state index is 0.0177. The molecule has 0 aliphatic carbocycles. The molecule has 2 N–H and O–H groups in total. The third kappa shape index (κ3) is 12.8. The zero-order valence-corrected chi connectivity index (χ0v) is 23.7. The van der Waals surface area contributed by atoms with Gasteiger partial charge in [-0.3, -0.25) is 9.59 Å². The third-order valence-electron chi connectivity index (χ3n) is 5.71. The smallest absolute Gasteiger partial charge is 0.468 e. The molecule has 1 atom stereocenters. The molecule has 39 heavy (non-hydrogen) atoms. The highest BCUT2D eigenvalue weighted by atomic mass is 16.7. The molecule has 0 fully saturated rings. The van der Waals surface area contributed by atoms with Crippen molar-refractivity contribution in [3.63, 3.8) is 0 Å². The summed E-state index contributed by atoms with van der Waals surface area (Å²) in [4.78, 5) is 48.9. The monoisotopic (exact) mass is 553 g/mol. The summed E-state index contributed by atoms with van der Waals surface area (Å²) in [6, 6.07) is 4.38. The maximum absolute atomic E-state index is 12.6. The number of esters is 2.